The average molecular weight is 308 g/mol. The lowest BCUT2D eigenvalue weighted by Gasteiger charge is -2.03. The number of nitrogens with zero attached hydrogens (tertiary/aromatic N) is 2. The number of H-pyrrole nitrogens is 2. The summed E-state index contributed by atoms with van der Waals surface area (Å²) >= 11 is 0. The molecule has 0 saturated heterocycles. The molecular weight excluding hydrogens is 295 g/mol. The van der Waals surface area contributed by atoms with E-state index >= 15 is 0 Å². The molecule has 1 aromatic carbocycles. The molecule has 0 aliphatic carbocycles. The van der Waals surface area contributed by atoms with E-state index in [-0.39, 0.29) is 11.4 Å². The lowest BCUT2D eigenvalue weighted by molar-refractivity contribution is 0.627. The molecule has 2 N–H and O–H groups in total. The predicted molar refractivity (Wildman–Crippen MR) is 88.2 cm³/mol. The molecule has 23 heavy (non-hydrogen) atoms. The van der Waals surface area contributed by atoms with Gasteiger partial charge in [0.15, 0.2) is 0 Å². The van der Waals surface area contributed by atoms with Crippen molar-refractivity contribution in [2.24, 2.45) is 12.0 Å². The van der Waals surface area contributed by atoms with Gasteiger partial charge in [-0.2, -0.15) is 0 Å². The Morgan fingerprint density at radius 2 is 2.13 bits per heavy atom. The first-order chi connectivity index (χ1) is 11.1. The van der Waals surface area contributed by atoms with Gasteiger partial charge in [-0.25, -0.2) is 4.39 Å². The molecule has 4 rings (SSSR count). The molecule has 3 heterocycles. The van der Waals surface area contributed by atoms with Crippen molar-refractivity contribution < 1.29 is 4.39 Å². The van der Waals surface area contributed by atoms with Gasteiger partial charge in [0.25, 0.3) is 5.56 Å². The second kappa shape index (κ2) is 4.95. The molecule has 0 bridgehead atoms. The van der Waals surface area contributed by atoms with Crippen molar-refractivity contribution in [3.05, 3.63) is 63.8 Å². The molecule has 0 atom stereocenters. The minimum absolute atomic E-state index is 0.230. The Morgan fingerprint density at radius 3 is 2.91 bits per heavy atom. The molecule has 3 aromatic rings. The minimum atomic E-state index is -0.328. The van der Waals surface area contributed by atoms with E-state index in [1.807, 2.05) is 29.9 Å². The largest absolute Gasteiger partial charge is 0.349 e. The van der Waals surface area contributed by atoms with Gasteiger partial charge in [0, 0.05) is 30.6 Å². The van der Waals surface area contributed by atoms with Gasteiger partial charge in [0.2, 0.25) is 0 Å². The van der Waals surface area contributed by atoms with Crippen molar-refractivity contribution >= 4 is 23.6 Å². The zero-order chi connectivity index (χ0) is 16.0. The van der Waals surface area contributed by atoms with E-state index in [1.165, 1.54) is 12.1 Å². The second-order valence-corrected chi connectivity index (χ2v) is 5.39. The Morgan fingerprint density at radius 1 is 1.26 bits per heavy atom. The van der Waals surface area contributed by atoms with Crippen molar-refractivity contribution in [1.82, 2.24) is 14.8 Å². The lowest BCUT2D eigenvalue weighted by Crippen LogP contribution is -2.02. The molecule has 5 nitrogen and oxygen atoms in total. The van der Waals surface area contributed by atoms with Gasteiger partial charge < -0.3 is 4.57 Å². The zero-order valence-corrected chi connectivity index (χ0v) is 12.3. The predicted octanol–water partition coefficient (Wildman–Crippen LogP) is 3.10. The summed E-state index contributed by atoms with van der Waals surface area (Å²) in [6.07, 6.45) is 5.27. The number of aryl methyl sites for hydroxylation is 1. The summed E-state index contributed by atoms with van der Waals surface area (Å²) in [7, 11) is 1.90. The number of benzene rings is 1. The number of halogens is 1. The van der Waals surface area contributed by atoms with Crippen LogP contribution in [0.1, 0.15) is 11.1 Å². The zero-order valence-electron chi connectivity index (χ0n) is 12.3. The maximum Gasteiger partial charge on any atom is 0.271 e. The molecule has 0 amide bonds. The SMILES string of the molecule is Cn1cccc1-c1[nH][nH]c(=O)c1/C=C1\C=Nc2ccc(F)cc21. The third kappa shape index (κ3) is 2.15. The van der Waals surface area contributed by atoms with Gasteiger partial charge in [-0.1, -0.05) is 0 Å². The molecule has 2 aromatic heterocycles. The summed E-state index contributed by atoms with van der Waals surface area (Å²) in [4.78, 5) is 16.4. The van der Waals surface area contributed by atoms with Gasteiger partial charge >= 0.3 is 0 Å². The van der Waals surface area contributed by atoms with Crippen LogP contribution < -0.4 is 5.56 Å². The van der Waals surface area contributed by atoms with E-state index in [1.54, 1.807) is 18.4 Å². The van der Waals surface area contributed by atoms with Crippen LogP contribution in [0.4, 0.5) is 10.1 Å². The van der Waals surface area contributed by atoms with Gasteiger partial charge in [-0.05, 0) is 36.4 Å². The minimum Gasteiger partial charge on any atom is -0.349 e. The summed E-state index contributed by atoms with van der Waals surface area (Å²) in [6.45, 7) is 0. The molecule has 6 heteroatoms. The smallest absolute Gasteiger partial charge is 0.271 e. The molecule has 0 fully saturated rings. The standard InChI is InChI=1S/C17H13FN4O/c1-22-6-2-3-15(22)16-13(17(23)21-20-16)7-10-9-19-14-5-4-11(18)8-12(10)14/h2-9H,1H3,(H2,20,21,23)/b10-7+. The van der Waals surface area contributed by atoms with Gasteiger partial charge in [-0.3, -0.25) is 20.0 Å². The summed E-state index contributed by atoms with van der Waals surface area (Å²) in [6, 6.07) is 8.24. The Balaban J connectivity index is 1.88. The maximum atomic E-state index is 13.5. The van der Waals surface area contributed by atoms with E-state index in [4.69, 9.17) is 0 Å². The first-order valence-electron chi connectivity index (χ1n) is 7.11. The fourth-order valence-electron chi connectivity index (χ4n) is 2.76. The number of aromatic amines is 2. The van der Waals surface area contributed by atoms with E-state index < -0.39 is 0 Å². The van der Waals surface area contributed by atoms with Crippen molar-refractivity contribution in [2.45, 2.75) is 0 Å². The number of aromatic nitrogens is 3. The van der Waals surface area contributed by atoms with Crippen LogP contribution in [0, 0.1) is 5.82 Å². The highest BCUT2D eigenvalue weighted by Crippen LogP contribution is 2.33. The first-order valence-corrected chi connectivity index (χ1v) is 7.11. The Bertz CT molecular complexity index is 1020. The Kier molecular flexibility index (Phi) is 2.90. The summed E-state index contributed by atoms with van der Waals surface area (Å²) < 4.78 is 15.4. The third-order valence-corrected chi connectivity index (χ3v) is 3.93. The molecular formula is C17H13FN4O. The fraction of sp³-hybridized carbons (Fsp3) is 0.0588. The summed E-state index contributed by atoms with van der Waals surface area (Å²) in [5.74, 6) is -0.328. The third-order valence-electron chi connectivity index (χ3n) is 3.93. The van der Waals surface area contributed by atoms with E-state index in [0.717, 1.165) is 5.69 Å². The van der Waals surface area contributed by atoms with Crippen LogP contribution in [0.15, 0.2) is 46.3 Å². The number of nitrogens with one attached hydrogen (secondary N) is 2. The maximum absolute atomic E-state index is 13.5. The number of fused-ring (bicyclic) bond motifs is 1. The number of rotatable bonds is 2. The van der Waals surface area contributed by atoms with Gasteiger partial charge in [-0.15, -0.1) is 0 Å². The highest BCUT2D eigenvalue weighted by molar-refractivity contribution is 6.21. The monoisotopic (exact) mass is 308 g/mol. The number of allylic oxidation sites excluding steroid dienone is 1. The van der Waals surface area contributed by atoms with E-state index in [9.17, 15) is 9.18 Å². The fourth-order valence-corrected chi connectivity index (χ4v) is 2.76. The van der Waals surface area contributed by atoms with Crippen molar-refractivity contribution in [3.63, 3.8) is 0 Å². The molecule has 0 radical (unpaired) electrons. The van der Waals surface area contributed by atoms with Crippen LogP contribution in [0.3, 0.4) is 0 Å². The topological polar surface area (TPSA) is 65.9 Å². The molecule has 0 spiro atoms. The second-order valence-electron chi connectivity index (χ2n) is 5.39. The molecule has 114 valence electrons. The first kappa shape index (κ1) is 13.5. The van der Waals surface area contributed by atoms with Gasteiger partial charge in [0.1, 0.15) is 5.82 Å². The average Bonchev–Trinajstić information content (AvgIpc) is 3.21. The molecule has 1 aliphatic heterocycles. The normalized spacial score (nSPS) is 14.6. The lowest BCUT2D eigenvalue weighted by atomic mass is 10.0. The quantitative estimate of drug-likeness (QED) is 0.750. The molecule has 1 aliphatic rings. The van der Waals surface area contributed by atoms with E-state index in [2.05, 4.69) is 15.2 Å². The van der Waals surface area contributed by atoms with Crippen molar-refractivity contribution in [1.29, 1.82) is 0 Å². The van der Waals surface area contributed by atoms with E-state index in [0.29, 0.717) is 28.1 Å². The molecule has 0 saturated carbocycles. The van der Waals surface area contributed by atoms with Crippen molar-refractivity contribution in [2.75, 3.05) is 0 Å². The molecule has 0 unspecified atom stereocenters. The summed E-state index contributed by atoms with van der Waals surface area (Å²) in [5, 5.41) is 5.51. The van der Waals surface area contributed by atoms with Gasteiger partial charge in [0.05, 0.1) is 22.6 Å². The Hall–Kier alpha value is -3.15. The number of hydrogen-bond acceptors (Lipinski definition) is 2. The Labute approximate surface area is 130 Å². The number of hydrogen-bond donors (Lipinski definition) is 2. The van der Waals surface area contributed by atoms with Crippen molar-refractivity contribution in [3.8, 4) is 11.4 Å². The highest BCUT2D eigenvalue weighted by atomic mass is 19.1. The van der Waals surface area contributed by atoms with Crippen LogP contribution in [-0.2, 0) is 7.05 Å². The van der Waals surface area contributed by atoms with Crippen LogP contribution >= 0.6 is 0 Å². The number of aliphatic imine (C=N–C) groups is 1. The highest BCUT2D eigenvalue weighted by Gasteiger charge is 2.17. The summed E-state index contributed by atoms with van der Waals surface area (Å²) in [5.41, 5.74) is 3.92. The van der Waals surface area contributed by atoms with Crippen LogP contribution in [0.5, 0.6) is 0 Å². The van der Waals surface area contributed by atoms with Crippen LogP contribution in [-0.4, -0.2) is 21.0 Å². The van der Waals surface area contributed by atoms with Crippen LogP contribution in [0.2, 0.25) is 0 Å². The van der Waals surface area contributed by atoms with Crippen LogP contribution in [0.25, 0.3) is 23.0 Å².